The van der Waals surface area contributed by atoms with E-state index in [0.29, 0.717) is 13.0 Å². The van der Waals surface area contributed by atoms with E-state index in [0.717, 1.165) is 19.3 Å². The molecule has 3 nitrogen and oxygen atoms in total. The van der Waals surface area contributed by atoms with Crippen LogP contribution in [0.4, 0.5) is 0 Å². The van der Waals surface area contributed by atoms with Gasteiger partial charge in [-0.05, 0) is 26.2 Å². The second-order valence-electron chi connectivity index (χ2n) is 7.05. The van der Waals surface area contributed by atoms with Crippen molar-refractivity contribution in [1.29, 1.82) is 0 Å². The maximum Gasteiger partial charge on any atom is 0.305 e. The molecule has 1 saturated heterocycles. The third-order valence-electron chi connectivity index (χ3n) is 4.66. The summed E-state index contributed by atoms with van der Waals surface area (Å²) in [5.41, 5.74) is 0. The van der Waals surface area contributed by atoms with Crippen molar-refractivity contribution < 1.29 is 14.3 Å². The Bertz CT molecular complexity index is 394. The number of hydrogen-bond acceptors (Lipinski definition) is 3. The third kappa shape index (κ3) is 12.9. The first kappa shape index (κ1) is 22.0. The van der Waals surface area contributed by atoms with Gasteiger partial charge in [-0.25, -0.2) is 0 Å². The fourth-order valence-corrected chi connectivity index (χ4v) is 3.04. The first-order chi connectivity index (χ1) is 12.3. The van der Waals surface area contributed by atoms with Crippen molar-refractivity contribution in [2.24, 2.45) is 0 Å². The molecule has 0 unspecified atom stereocenters. The van der Waals surface area contributed by atoms with Crippen molar-refractivity contribution in [3.05, 3.63) is 0 Å². The average molecular weight is 351 g/mol. The molecule has 25 heavy (non-hydrogen) atoms. The van der Waals surface area contributed by atoms with Crippen molar-refractivity contribution in [2.75, 3.05) is 6.61 Å². The molecular formula is C22H38O3. The molecule has 0 spiro atoms. The number of ether oxygens (including phenoxy) is 2. The Kier molecular flexibility index (Phi) is 13.4. The average Bonchev–Trinajstić information content (AvgIpc) is 3.34. The van der Waals surface area contributed by atoms with E-state index in [2.05, 4.69) is 18.8 Å². The number of epoxide rings is 1. The van der Waals surface area contributed by atoms with E-state index in [1.54, 1.807) is 0 Å². The molecule has 0 aromatic rings. The van der Waals surface area contributed by atoms with Gasteiger partial charge in [-0.1, -0.05) is 70.6 Å². The molecule has 3 heteroatoms. The normalized spacial score (nSPS) is 18.5. The van der Waals surface area contributed by atoms with Crippen LogP contribution in [0.5, 0.6) is 0 Å². The topological polar surface area (TPSA) is 38.8 Å². The summed E-state index contributed by atoms with van der Waals surface area (Å²) in [6.45, 7) is 4.57. The van der Waals surface area contributed by atoms with Gasteiger partial charge in [0.05, 0.1) is 12.7 Å². The molecule has 1 aliphatic heterocycles. The summed E-state index contributed by atoms with van der Waals surface area (Å²) in [6, 6.07) is 0. The lowest BCUT2D eigenvalue weighted by Gasteiger charge is -2.00. The fourth-order valence-electron chi connectivity index (χ4n) is 3.04. The highest BCUT2D eigenvalue weighted by Gasteiger charge is 2.36. The zero-order valence-electron chi connectivity index (χ0n) is 16.5. The molecule has 0 N–H and O–H groups in total. The van der Waals surface area contributed by atoms with Gasteiger partial charge in [-0.2, -0.15) is 0 Å². The largest absolute Gasteiger partial charge is 0.466 e. The molecule has 144 valence electrons. The van der Waals surface area contributed by atoms with Crippen molar-refractivity contribution in [3.8, 4) is 11.8 Å². The lowest BCUT2D eigenvalue weighted by atomic mass is 10.1. The first-order valence-corrected chi connectivity index (χ1v) is 10.6. The summed E-state index contributed by atoms with van der Waals surface area (Å²) in [4.78, 5) is 11.2. The van der Waals surface area contributed by atoms with E-state index in [1.165, 1.54) is 64.2 Å². The van der Waals surface area contributed by atoms with E-state index >= 15 is 0 Å². The first-order valence-electron chi connectivity index (χ1n) is 10.6. The maximum absolute atomic E-state index is 11.2. The quantitative estimate of drug-likeness (QED) is 0.162. The lowest BCUT2D eigenvalue weighted by molar-refractivity contribution is -0.143. The standard InChI is InChI=1S/C22H38O3/c1-3-5-6-7-8-9-10-11-12-13-14-15-17-20-21(25-20)18-16-19-22(23)24-4-2/h20-21H,3-14,16,18-19H2,1-2H3/t20-,21+/m1/s1. The Labute approximate surface area is 155 Å². The summed E-state index contributed by atoms with van der Waals surface area (Å²) < 4.78 is 10.4. The highest BCUT2D eigenvalue weighted by Crippen LogP contribution is 2.26. The van der Waals surface area contributed by atoms with Gasteiger partial charge >= 0.3 is 5.97 Å². The SMILES string of the molecule is CCCCCCCCCCCCC#C[C@H]1O[C@H]1CCCC(=O)OCC. The number of rotatable bonds is 15. The highest BCUT2D eigenvalue weighted by atomic mass is 16.6. The summed E-state index contributed by atoms with van der Waals surface area (Å²) in [7, 11) is 0. The van der Waals surface area contributed by atoms with Crippen molar-refractivity contribution >= 4 is 5.97 Å². The summed E-state index contributed by atoms with van der Waals surface area (Å²) in [6.07, 6.45) is 17.2. The Morgan fingerprint density at radius 2 is 1.56 bits per heavy atom. The molecule has 1 heterocycles. The van der Waals surface area contributed by atoms with Gasteiger partial charge in [0, 0.05) is 12.8 Å². The van der Waals surface area contributed by atoms with Crippen LogP contribution >= 0.6 is 0 Å². The number of carbonyl (C=O) groups excluding carboxylic acids is 1. The molecule has 2 atom stereocenters. The molecule has 0 saturated carbocycles. The van der Waals surface area contributed by atoms with E-state index in [9.17, 15) is 4.79 Å². The third-order valence-corrected chi connectivity index (χ3v) is 4.66. The van der Waals surface area contributed by atoms with Crippen LogP contribution in [-0.4, -0.2) is 24.8 Å². The van der Waals surface area contributed by atoms with Crippen LogP contribution < -0.4 is 0 Å². The van der Waals surface area contributed by atoms with E-state index < -0.39 is 0 Å². The molecule has 1 fully saturated rings. The lowest BCUT2D eigenvalue weighted by Crippen LogP contribution is -2.04. The molecule has 0 aliphatic carbocycles. The molecule has 1 rings (SSSR count). The van der Waals surface area contributed by atoms with Crippen LogP contribution in [0.2, 0.25) is 0 Å². The molecular weight excluding hydrogens is 312 g/mol. The van der Waals surface area contributed by atoms with Crippen molar-refractivity contribution in [1.82, 2.24) is 0 Å². The molecule has 0 radical (unpaired) electrons. The monoisotopic (exact) mass is 350 g/mol. The van der Waals surface area contributed by atoms with Gasteiger partial charge in [-0.15, -0.1) is 5.92 Å². The zero-order chi connectivity index (χ0) is 18.2. The summed E-state index contributed by atoms with van der Waals surface area (Å²) >= 11 is 0. The van der Waals surface area contributed by atoms with E-state index in [4.69, 9.17) is 9.47 Å². The molecule has 0 bridgehead atoms. The Morgan fingerprint density at radius 1 is 0.920 bits per heavy atom. The van der Waals surface area contributed by atoms with Gasteiger partial charge < -0.3 is 9.47 Å². The van der Waals surface area contributed by atoms with Crippen LogP contribution in [0.3, 0.4) is 0 Å². The van der Waals surface area contributed by atoms with Gasteiger partial charge in [0.15, 0.2) is 0 Å². The van der Waals surface area contributed by atoms with Crippen LogP contribution in [0.1, 0.15) is 104 Å². The Morgan fingerprint density at radius 3 is 2.20 bits per heavy atom. The van der Waals surface area contributed by atoms with Gasteiger partial charge in [0.1, 0.15) is 6.10 Å². The summed E-state index contributed by atoms with van der Waals surface area (Å²) in [5, 5.41) is 0. The highest BCUT2D eigenvalue weighted by molar-refractivity contribution is 5.69. The van der Waals surface area contributed by atoms with Crippen LogP contribution in [0.15, 0.2) is 0 Å². The summed E-state index contributed by atoms with van der Waals surface area (Å²) in [5.74, 6) is 6.36. The molecule has 0 aromatic heterocycles. The van der Waals surface area contributed by atoms with Gasteiger partial charge in [-0.3, -0.25) is 4.79 Å². The minimum absolute atomic E-state index is 0.105. The van der Waals surface area contributed by atoms with Crippen LogP contribution in [-0.2, 0) is 14.3 Å². The second-order valence-corrected chi connectivity index (χ2v) is 7.05. The zero-order valence-corrected chi connectivity index (χ0v) is 16.5. The maximum atomic E-state index is 11.2. The molecule has 0 aromatic carbocycles. The van der Waals surface area contributed by atoms with Gasteiger partial charge in [0.25, 0.3) is 0 Å². The number of unbranched alkanes of at least 4 members (excludes halogenated alkanes) is 10. The van der Waals surface area contributed by atoms with Gasteiger partial charge in [0.2, 0.25) is 0 Å². The van der Waals surface area contributed by atoms with E-state index in [1.807, 2.05) is 6.92 Å². The number of carbonyl (C=O) groups is 1. The minimum atomic E-state index is -0.105. The minimum Gasteiger partial charge on any atom is -0.466 e. The molecule has 1 aliphatic rings. The number of esters is 1. The predicted molar refractivity (Wildman–Crippen MR) is 103 cm³/mol. The Hall–Kier alpha value is -1.01. The van der Waals surface area contributed by atoms with Crippen LogP contribution in [0, 0.1) is 11.8 Å². The second kappa shape index (κ2) is 15.3. The fraction of sp³-hybridized carbons (Fsp3) is 0.864. The van der Waals surface area contributed by atoms with E-state index in [-0.39, 0.29) is 18.2 Å². The number of hydrogen-bond donors (Lipinski definition) is 0. The smallest absolute Gasteiger partial charge is 0.305 e. The van der Waals surface area contributed by atoms with Crippen molar-refractivity contribution in [3.63, 3.8) is 0 Å². The molecule has 0 amide bonds. The predicted octanol–water partition coefficient (Wildman–Crippen LogP) is 5.80. The Balaban J connectivity index is 1.84. The van der Waals surface area contributed by atoms with Crippen LogP contribution in [0.25, 0.3) is 0 Å². The van der Waals surface area contributed by atoms with Crippen molar-refractivity contribution in [2.45, 2.75) is 116 Å².